The van der Waals surface area contributed by atoms with Gasteiger partial charge in [-0.2, -0.15) is 0 Å². The van der Waals surface area contributed by atoms with Crippen molar-refractivity contribution >= 4 is 28.5 Å². The minimum Gasteiger partial charge on any atom is -0.476 e. The zero-order valence-electron chi connectivity index (χ0n) is 12.9. The molecule has 0 fully saturated rings. The van der Waals surface area contributed by atoms with Crippen molar-refractivity contribution in [2.75, 3.05) is 5.32 Å². The second-order valence-electron chi connectivity index (χ2n) is 4.92. The molecule has 0 unspecified atom stereocenters. The molecule has 8 heteroatoms. The van der Waals surface area contributed by atoms with E-state index < -0.39 is 12.1 Å². The molecule has 126 valence electrons. The van der Waals surface area contributed by atoms with Crippen LogP contribution in [0.4, 0.5) is 9.93 Å². The molecule has 1 aromatic carbocycles. The number of carboxylic acids is 1. The number of carboxylic acid groups (broad SMARTS) is 1. The Kier molecular flexibility index (Phi) is 5.00. The van der Waals surface area contributed by atoms with Crippen molar-refractivity contribution in [2.24, 2.45) is 0 Å². The largest absolute Gasteiger partial charge is 0.476 e. The number of anilines is 1. The molecule has 0 aliphatic carbocycles. The zero-order chi connectivity index (χ0) is 17.6. The number of ether oxygens (including phenoxy) is 1. The van der Waals surface area contributed by atoms with Crippen molar-refractivity contribution in [3.63, 3.8) is 0 Å². The SMILES string of the molecule is O=C(Nc1nc(C(=O)O)c(-c2ccncc2)s1)OCc1ccccc1. The van der Waals surface area contributed by atoms with Crippen LogP contribution in [0.5, 0.6) is 0 Å². The summed E-state index contributed by atoms with van der Waals surface area (Å²) in [5, 5.41) is 11.9. The average Bonchev–Trinajstić information content (AvgIpc) is 3.06. The van der Waals surface area contributed by atoms with Gasteiger partial charge in [-0.3, -0.25) is 10.3 Å². The molecule has 0 bridgehead atoms. The van der Waals surface area contributed by atoms with Gasteiger partial charge in [0.2, 0.25) is 0 Å². The van der Waals surface area contributed by atoms with Gasteiger partial charge in [-0.05, 0) is 23.3 Å². The number of carbonyl (C=O) groups is 2. The van der Waals surface area contributed by atoms with Gasteiger partial charge in [-0.15, -0.1) is 0 Å². The van der Waals surface area contributed by atoms with Crippen molar-refractivity contribution in [3.05, 3.63) is 66.1 Å². The molecule has 0 spiro atoms. The fourth-order valence-corrected chi connectivity index (χ4v) is 3.01. The highest BCUT2D eigenvalue weighted by atomic mass is 32.1. The van der Waals surface area contributed by atoms with Gasteiger partial charge in [0.15, 0.2) is 10.8 Å². The minimum absolute atomic E-state index is 0.112. The molecule has 2 N–H and O–H groups in total. The lowest BCUT2D eigenvalue weighted by molar-refractivity contribution is 0.0692. The highest BCUT2D eigenvalue weighted by Crippen LogP contribution is 2.32. The number of hydrogen-bond donors (Lipinski definition) is 2. The number of rotatable bonds is 5. The highest BCUT2D eigenvalue weighted by molar-refractivity contribution is 7.19. The Bertz CT molecular complexity index is 881. The van der Waals surface area contributed by atoms with Gasteiger partial charge in [0, 0.05) is 12.4 Å². The predicted molar refractivity (Wildman–Crippen MR) is 92.6 cm³/mol. The summed E-state index contributed by atoms with van der Waals surface area (Å²) in [4.78, 5) is 31.6. The number of thiazole rings is 1. The van der Waals surface area contributed by atoms with Crippen molar-refractivity contribution in [2.45, 2.75) is 6.61 Å². The first-order valence-electron chi connectivity index (χ1n) is 7.25. The number of carbonyl (C=O) groups excluding carboxylic acids is 1. The molecule has 1 amide bonds. The Balaban J connectivity index is 1.72. The maximum Gasteiger partial charge on any atom is 0.413 e. The van der Waals surface area contributed by atoms with Crippen LogP contribution in [-0.2, 0) is 11.3 Å². The summed E-state index contributed by atoms with van der Waals surface area (Å²) in [6.45, 7) is 0.112. The lowest BCUT2D eigenvalue weighted by Gasteiger charge is -2.04. The van der Waals surface area contributed by atoms with Crippen LogP contribution in [0.3, 0.4) is 0 Å². The maximum absolute atomic E-state index is 11.9. The molecule has 0 aliphatic heterocycles. The predicted octanol–water partition coefficient (Wildman–Crippen LogP) is 3.65. The Morgan fingerprint density at radius 1 is 1.12 bits per heavy atom. The van der Waals surface area contributed by atoms with E-state index in [2.05, 4.69) is 15.3 Å². The molecule has 0 saturated heterocycles. The Labute approximate surface area is 147 Å². The van der Waals surface area contributed by atoms with Gasteiger partial charge >= 0.3 is 12.1 Å². The molecule has 3 rings (SSSR count). The Hall–Kier alpha value is -3.26. The third-order valence-electron chi connectivity index (χ3n) is 3.19. The van der Waals surface area contributed by atoms with Crippen LogP contribution in [0, 0.1) is 0 Å². The third kappa shape index (κ3) is 4.18. The van der Waals surface area contributed by atoms with E-state index in [4.69, 9.17) is 4.74 Å². The van der Waals surface area contributed by atoms with Gasteiger partial charge in [0.1, 0.15) is 6.61 Å². The van der Waals surface area contributed by atoms with Crippen molar-refractivity contribution in [1.29, 1.82) is 0 Å². The number of hydrogen-bond acceptors (Lipinski definition) is 6. The van der Waals surface area contributed by atoms with Gasteiger partial charge in [0.25, 0.3) is 0 Å². The van der Waals surface area contributed by atoms with Crippen LogP contribution in [0.15, 0.2) is 54.9 Å². The first-order chi connectivity index (χ1) is 12.1. The minimum atomic E-state index is -1.17. The monoisotopic (exact) mass is 355 g/mol. The summed E-state index contributed by atoms with van der Waals surface area (Å²) in [6.07, 6.45) is 2.42. The van der Waals surface area contributed by atoms with Crippen molar-refractivity contribution in [1.82, 2.24) is 9.97 Å². The summed E-state index contributed by atoms with van der Waals surface area (Å²) in [5.74, 6) is -1.17. The maximum atomic E-state index is 11.9. The van der Waals surface area contributed by atoms with Crippen LogP contribution < -0.4 is 5.32 Å². The Morgan fingerprint density at radius 2 is 1.84 bits per heavy atom. The number of aromatic nitrogens is 2. The molecule has 3 aromatic rings. The van der Waals surface area contributed by atoms with E-state index in [1.54, 1.807) is 24.5 Å². The van der Waals surface area contributed by atoms with Gasteiger partial charge in [0.05, 0.1) is 4.88 Å². The Morgan fingerprint density at radius 3 is 2.52 bits per heavy atom. The van der Waals surface area contributed by atoms with Crippen LogP contribution in [-0.4, -0.2) is 27.1 Å². The molecular formula is C17H13N3O4S. The van der Waals surface area contributed by atoms with Crippen LogP contribution in [0.1, 0.15) is 16.1 Å². The van der Waals surface area contributed by atoms with E-state index >= 15 is 0 Å². The van der Waals surface area contributed by atoms with E-state index in [1.807, 2.05) is 30.3 Å². The summed E-state index contributed by atoms with van der Waals surface area (Å²) in [5.41, 5.74) is 1.38. The zero-order valence-corrected chi connectivity index (χ0v) is 13.7. The summed E-state index contributed by atoms with van der Waals surface area (Å²) in [6, 6.07) is 12.6. The first-order valence-corrected chi connectivity index (χ1v) is 8.07. The lowest BCUT2D eigenvalue weighted by atomic mass is 10.2. The highest BCUT2D eigenvalue weighted by Gasteiger charge is 2.20. The second-order valence-corrected chi connectivity index (χ2v) is 5.92. The number of aromatic carboxylic acids is 1. The number of benzene rings is 1. The first kappa shape index (κ1) is 16.6. The molecule has 7 nitrogen and oxygen atoms in total. The third-order valence-corrected chi connectivity index (χ3v) is 4.21. The van der Waals surface area contributed by atoms with Gasteiger partial charge < -0.3 is 9.84 Å². The van der Waals surface area contributed by atoms with Crippen LogP contribution in [0.25, 0.3) is 10.4 Å². The van der Waals surface area contributed by atoms with E-state index in [9.17, 15) is 14.7 Å². The van der Waals surface area contributed by atoms with Crippen molar-refractivity contribution in [3.8, 4) is 10.4 Å². The van der Waals surface area contributed by atoms with Crippen LogP contribution >= 0.6 is 11.3 Å². The summed E-state index contributed by atoms with van der Waals surface area (Å²) in [7, 11) is 0. The molecular weight excluding hydrogens is 342 g/mol. The van der Waals surface area contributed by atoms with E-state index in [-0.39, 0.29) is 17.4 Å². The molecule has 0 saturated carbocycles. The molecule has 0 radical (unpaired) electrons. The van der Waals surface area contributed by atoms with E-state index in [0.717, 1.165) is 16.9 Å². The lowest BCUT2D eigenvalue weighted by Crippen LogP contribution is -2.13. The number of nitrogens with one attached hydrogen (secondary N) is 1. The number of pyridine rings is 1. The molecule has 2 aromatic heterocycles. The quantitative estimate of drug-likeness (QED) is 0.724. The molecule has 0 atom stereocenters. The summed E-state index contributed by atoms with van der Waals surface area (Å²) >= 11 is 1.06. The molecule has 25 heavy (non-hydrogen) atoms. The second kappa shape index (κ2) is 7.54. The van der Waals surface area contributed by atoms with Crippen molar-refractivity contribution < 1.29 is 19.4 Å². The summed E-state index contributed by atoms with van der Waals surface area (Å²) < 4.78 is 5.11. The van der Waals surface area contributed by atoms with Gasteiger partial charge in [-0.1, -0.05) is 41.7 Å². The fourth-order valence-electron chi connectivity index (χ4n) is 2.06. The number of amides is 1. The smallest absolute Gasteiger partial charge is 0.413 e. The molecule has 0 aliphatic rings. The molecule has 2 heterocycles. The van der Waals surface area contributed by atoms with E-state index in [0.29, 0.717) is 10.4 Å². The topological polar surface area (TPSA) is 101 Å². The van der Waals surface area contributed by atoms with E-state index in [1.165, 1.54) is 0 Å². The fraction of sp³-hybridized carbons (Fsp3) is 0.0588. The van der Waals surface area contributed by atoms with Gasteiger partial charge in [-0.25, -0.2) is 14.6 Å². The standard InChI is InChI=1S/C17H13N3O4S/c21-15(22)13-14(12-6-8-18-9-7-12)25-16(19-13)20-17(23)24-10-11-4-2-1-3-5-11/h1-9H,10H2,(H,21,22)(H,19,20,23). The normalized spacial score (nSPS) is 10.2. The van der Waals surface area contributed by atoms with Crippen LogP contribution in [0.2, 0.25) is 0 Å². The average molecular weight is 355 g/mol. The number of nitrogens with zero attached hydrogens (tertiary/aromatic N) is 2.